The van der Waals surface area contributed by atoms with Gasteiger partial charge < -0.3 is 5.32 Å². The number of anilines is 1. The number of nitrogens with one attached hydrogen (secondary N) is 1. The molecule has 0 radical (unpaired) electrons. The lowest BCUT2D eigenvalue weighted by molar-refractivity contribution is 0.102. The lowest BCUT2D eigenvalue weighted by Crippen LogP contribution is -2.33. The van der Waals surface area contributed by atoms with Crippen LogP contribution in [0.3, 0.4) is 0 Å². The highest BCUT2D eigenvalue weighted by atomic mass is 19.1. The van der Waals surface area contributed by atoms with Crippen molar-refractivity contribution in [2.45, 2.75) is 51.4 Å². The van der Waals surface area contributed by atoms with E-state index in [9.17, 15) is 9.18 Å². The highest BCUT2D eigenvalue weighted by molar-refractivity contribution is 6.04. The second kappa shape index (κ2) is 5.73. The third-order valence-corrected chi connectivity index (χ3v) is 5.22. The zero-order chi connectivity index (χ0) is 17.5. The maximum atomic E-state index is 13.0. The molecule has 2 aromatic rings. The summed E-state index contributed by atoms with van der Waals surface area (Å²) in [5, 5.41) is 2.93. The first-order valence-corrected chi connectivity index (χ1v) is 8.41. The van der Waals surface area contributed by atoms with E-state index < -0.39 is 0 Å². The summed E-state index contributed by atoms with van der Waals surface area (Å²) in [5.41, 5.74) is 4.16. The first-order chi connectivity index (χ1) is 11.2. The van der Waals surface area contributed by atoms with Crippen LogP contribution in [0.2, 0.25) is 0 Å². The minimum atomic E-state index is -0.343. The van der Waals surface area contributed by atoms with E-state index in [0.29, 0.717) is 5.56 Å². The van der Waals surface area contributed by atoms with Crippen LogP contribution in [0.25, 0.3) is 0 Å². The standard InChI is InChI=1S/C21H24FNO/c1-20(2)11-12-21(3,4)18-13-16(9-10-17(18)20)23-19(24)14-5-7-15(22)8-6-14/h5-10,13H,11-12H2,1-4H3,(H,23,24). The van der Waals surface area contributed by atoms with E-state index in [4.69, 9.17) is 0 Å². The Balaban J connectivity index is 1.91. The molecular formula is C21H24FNO. The van der Waals surface area contributed by atoms with Crippen molar-refractivity contribution in [3.05, 3.63) is 65.0 Å². The molecule has 3 rings (SSSR count). The van der Waals surface area contributed by atoms with E-state index >= 15 is 0 Å². The van der Waals surface area contributed by atoms with Crippen LogP contribution in [0.5, 0.6) is 0 Å². The van der Waals surface area contributed by atoms with E-state index in [1.807, 2.05) is 6.07 Å². The molecule has 0 saturated carbocycles. The van der Waals surface area contributed by atoms with Gasteiger partial charge in [0, 0.05) is 11.3 Å². The van der Waals surface area contributed by atoms with Crippen molar-refractivity contribution in [3.63, 3.8) is 0 Å². The van der Waals surface area contributed by atoms with Crippen LogP contribution in [-0.2, 0) is 10.8 Å². The van der Waals surface area contributed by atoms with Crippen molar-refractivity contribution in [2.75, 3.05) is 5.32 Å². The van der Waals surface area contributed by atoms with Gasteiger partial charge in [0.1, 0.15) is 5.82 Å². The molecule has 126 valence electrons. The largest absolute Gasteiger partial charge is 0.322 e. The molecule has 0 saturated heterocycles. The Bertz CT molecular complexity index is 775. The van der Waals surface area contributed by atoms with E-state index in [-0.39, 0.29) is 22.6 Å². The number of halogens is 1. The normalized spacial score (nSPS) is 17.9. The van der Waals surface area contributed by atoms with E-state index in [1.54, 1.807) is 0 Å². The lowest BCUT2D eigenvalue weighted by atomic mass is 9.63. The van der Waals surface area contributed by atoms with Crippen molar-refractivity contribution in [1.29, 1.82) is 0 Å². The van der Waals surface area contributed by atoms with Crippen LogP contribution in [-0.4, -0.2) is 5.91 Å². The molecule has 0 aromatic heterocycles. The highest BCUT2D eigenvalue weighted by Gasteiger charge is 2.36. The molecule has 2 aromatic carbocycles. The lowest BCUT2D eigenvalue weighted by Gasteiger charge is -2.42. The summed E-state index contributed by atoms with van der Waals surface area (Å²) in [6, 6.07) is 11.8. The zero-order valence-electron chi connectivity index (χ0n) is 14.7. The molecular weight excluding hydrogens is 301 g/mol. The van der Waals surface area contributed by atoms with Gasteiger partial charge >= 0.3 is 0 Å². The Labute approximate surface area is 143 Å². The van der Waals surface area contributed by atoms with Gasteiger partial charge in [0.25, 0.3) is 5.91 Å². The first-order valence-electron chi connectivity index (χ1n) is 8.41. The van der Waals surface area contributed by atoms with Crippen LogP contribution in [0.15, 0.2) is 42.5 Å². The molecule has 0 bridgehead atoms. The van der Waals surface area contributed by atoms with Gasteiger partial charge in [-0.15, -0.1) is 0 Å². The molecule has 0 fully saturated rings. The second-order valence-corrected chi connectivity index (χ2v) is 7.99. The number of fused-ring (bicyclic) bond motifs is 1. The highest BCUT2D eigenvalue weighted by Crippen LogP contribution is 2.46. The van der Waals surface area contributed by atoms with Crippen molar-refractivity contribution >= 4 is 11.6 Å². The quantitative estimate of drug-likeness (QED) is 0.784. The molecule has 0 aliphatic heterocycles. The summed E-state index contributed by atoms with van der Waals surface area (Å²) in [4.78, 5) is 12.3. The Morgan fingerprint density at radius 2 is 1.50 bits per heavy atom. The summed E-state index contributed by atoms with van der Waals surface area (Å²) < 4.78 is 13.0. The van der Waals surface area contributed by atoms with Gasteiger partial charge in [0.15, 0.2) is 0 Å². The molecule has 1 aliphatic rings. The summed E-state index contributed by atoms with van der Waals surface area (Å²) in [5.74, 6) is -0.563. The number of carbonyl (C=O) groups excluding carboxylic acids is 1. The van der Waals surface area contributed by atoms with Crippen LogP contribution in [0, 0.1) is 5.82 Å². The Morgan fingerprint density at radius 1 is 0.917 bits per heavy atom. The fraction of sp³-hybridized carbons (Fsp3) is 0.381. The van der Waals surface area contributed by atoms with Gasteiger partial charge in [-0.1, -0.05) is 33.8 Å². The summed E-state index contributed by atoms with van der Waals surface area (Å²) in [6.07, 6.45) is 2.29. The Kier molecular flexibility index (Phi) is 3.98. The van der Waals surface area contributed by atoms with E-state index in [2.05, 4.69) is 45.1 Å². The van der Waals surface area contributed by atoms with Crippen LogP contribution >= 0.6 is 0 Å². The van der Waals surface area contributed by atoms with Crippen molar-refractivity contribution in [1.82, 2.24) is 0 Å². The van der Waals surface area contributed by atoms with Crippen molar-refractivity contribution < 1.29 is 9.18 Å². The average molecular weight is 325 g/mol. The van der Waals surface area contributed by atoms with E-state index in [1.165, 1.54) is 35.4 Å². The second-order valence-electron chi connectivity index (χ2n) is 7.99. The van der Waals surface area contributed by atoms with Gasteiger partial charge in [0.05, 0.1) is 0 Å². The molecule has 0 unspecified atom stereocenters. The summed E-state index contributed by atoms with van der Waals surface area (Å²) >= 11 is 0. The van der Waals surface area contributed by atoms with Gasteiger partial charge in [-0.2, -0.15) is 0 Å². The third-order valence-electron chi connectivity index (χ3n) is 5.22. The Hall–Kier alpha value is -2.16. The number of hydrogen-bond donors (Lipinski definition) is 1. The van der Waals surface area contributed by atoms with Gasteiger partial charge in [-0.05, 0) is 71.2 Å². The molecule has 0 atom stereocenters. The minimum absolute atomic E-state index is 0.0987. The number of rotatable bonds is 2. The number of benzene rings is 2. The molecule has 0 spiro atoms. The molecule has 3 heteroatoms. The minimum Gasteiger partial charge on any atom is -0.322 e. The fourth-order valence-corrected chi connectivity index (χ4v) is 3.47. The van der Waals surface area contributed by atoms with E-state index in [0.717, 1.165) is 18.5 Å². The van der Waals surface area contributed by atoms with Gasteiger partial charge in [-0.25, -0.2) is 4.39 Å². The number of amides is 1. The predicted molar refractivity (Wildman–Crippen MR) is 96.1 cm³/mol. The van der Waals surface area contributed by atoms with Gasteiger partial charge in [0.2, 0.25) is 0 Å². The van der Waals surface area contributed by atoms with Crippen molar-refractivity contribution in [2.24, 2.45) is 0 Å². The van der Waals surface area contributed by atoms with Crippen LogP contribution < -0.4 is 5.32 Å². The average Bonchev–Trinajstić information content (AvgIpc) is 2.52. The third kappa shape index (κ3) is 3.08. The smallest absolute Gasteiger partial charge is 0.255 e. The first kappa shape index (κ1) is 16.7. The molecule has 0 heterocycles. The topological polar surface area (TPSA) is 29.1 Å². The molecule has 1 aliphatic carbocycles. The zero-order valence-corrected chi connectivity index (χ0v) is 14.7. The SMILES string of the molecule is CC1(C)CCC(C)(C)c2cc(NC(=O)c3ccc(F)cc3)ccc21. The monoisotopic (exact) mass is 325 g/mol. The summed E-state index contributed by atoms with van der Waals surface area (Å²) in [7, 11) is 0. The van der Waals surface area contributed by atoms with Crippen LogP contribution in [0.1, 0.15) is 62.0 Å². The number of hydrogen-bond acceptors (Lipinski definition) is 1. The Morgan fingerprint density at radius 3 is 2.12 bits per heavy atom. The predicted octanol–water partition coefficient (Wildman–Crippen LogP) is 5.43. The van der Waals surface area contributed by atoms with Crippen LogP contribution in [0.4, 0.5) is 10.1 Å². The van der Waals surface area contributed by atoms with Crippen molar-refractivity contribution in [3.8, 4) is 0 Å². The van der Waals surface area contributed by atoms with Gasteiger partial charge in [-0.3, -0.25) is 4.79 Å². The molecule has 1 N–H and O–H groups in total. The summed E-state index contributed by atoms with van der Waals surface area (Å²) in [6.45, 7) is 9.06. The maximum absolute atomic E-state index is 13.0. The molecule has 1 amide bonds. The molecule has 2 nitrogen and oxygen atoms in total. The fourth-order valence-electron chi connectivity index (χ4n) is 3.47. The maximum Gasteiger partial charge on any atom is 0.255 e. The molecule has 24 heavy (non-hydrogen) atoms. The number of carbonyl (C=O) groups is 1.